The standard InChI is InChI=1S/C24H22BrN3O3/c1-24(2,3)16-4-7-19(8-5-16)30-14-22(29)27-18-6-9-21-20(11-18)28-23(31-21)15-10-17(25)13-26-12-15/h4-13H,14H2,1-3H3,(H,27,29). The Morgan fingerprint density at radius 2 is 1.87 bits per heavy atom. The first kappa shape index (κ1) is 21.1. The van der Waals surface area contributed by atoms with Crippen LogP contribution in [0.5, 0.6) is 5.75 Å². The van der Waals surface area contributed by atoms with Gasteiger partial charge in [-0.1, -0.05) is 32.9 Å². The number of nitrogens with zero attached hydrogens (tertiary/aromatic N) is 2. The molecule has 2 heterocycles. The molecule has 7 heteroatoms. The Morgan fingerprint density at radius 1 is 1.10 bits per heavy atom. The van der Waals surface area contributed by atoms with Crippen LogP contribution in [0.3, 0.4) is 0 Å². The second-order valence-electron chi connectivity index (χ2n) is 8.20. The van der Waals surface area contributed by atoms with E-state index in [0.717, 1.165) is 10.0 Å². The van der Waals surface area contributed by atoms with Crippen LogP contribution in [-0.2, 0) is 10.2 Å². The third kappa shape index (κ3) is 5.11. The summed E-state index contributed by atoms with van der Waals surface area (Å²) in [5.41, 5.74) is 3.94. The van der Waals surface area contributed by atoms with E-state index in [2.05, 4.69) is 52.0 Å². The quantitative estimate of drug-likeness (QED) is 0.381. The summed E-state index contributed by atoms with van der Waals surface area (Å²) >= 11 is 3.39. The lowest BCUT2D eigenvalue weighted by atomic mass is 9.87. The van der Waals surface area contributed by atoms with Crippen molar-refractivity contribution in [2.75, 3.05) is 11.9 Å². The number of nitrogens with one attached hydrogen (secondary N) is 1. The number of oxazole rings is 1. The third-order valence-corrected chi connectivity index (χ3v) is 5.15. The van der Waals surface area contributed by atoms with Crippen LogP contribution < -0.4 is 10.1 Å². The fourth-order valence-electron chi connectivity index (χ4n) is 3.05. The maximum atomic E-state index is 12.3. The van der Waals surface area contributed by atoms with Gasteiger partial charge in [0, 0.05) is 22.6 Å². The van der Waals surface area contributed by atoms with Crippen LogP contribution in [0.1, 0.15) is 26.3 Å². The van der Waals surface area contributed by atoms with Crippen molar-refractivity contribution in [3.63, 3.8) is 0 Å². The highest BCUT2D eigenvalue weighted by Gasteiger charge is 2.14. The number of hydrogen-bond donors (Lipinski definition) is 1. The monoisotopic (exact) mass is 479 g/mol. The van der Waals surface area contributed by atoms with E-state index in [0.29, 0.717) is 28.4 Å². The Bertz CT molecular complexity index is 1230. The molecule has 0 unspecified atom stereocenters. The molecule has 0 aliphatic carbocycles. The first-order valence-corrected chi connectivity index (χ1v) is 10.6. The third-order valence-electron chi connectivity index (χ3n) is 4.71. The lowest BCUT2D eigenvalue weighted by Crippen LogP contribution is -2.20. The molecule has 0 spiro atoms. The van der Waals surface area contributed by atoms with Crippen molar-refractivity contribution in [1.29, 1.82) is 0 Å². The van der Waals surface area contributed by atoms with Gasteiger partial charge in [-0.25, -0.2) is 4.98 Å². The topological polar surface area (TPSA) is 77.2 Å². The molecular weight excluding hydrogens is 458 g/mol. The number of fused-ring (bicyclic) bond motifs is 1. The zero-order valence-electron chi connectivity index (χ0n) is 17.5. The summed E-state index contributed by atoms with van der Waals surface area (Å²) in [4.78, 5) is 21.0. The molecule has 31 heavy (non-hydrogen) atoms. The Labute approximate surface area is 188 Å². The number of pyridine rings is 1. The van der Waals surface area contributed by atoms with Gasteiger partial charge in [0.15, 0.2) is 12.2 Å². The van der Waals surface area contributed by atoms with Crippen LogP contribution in [0, 0.1) is 0 Å². The van der Waals surface area contributed by atoms with E-state index < -0.39 is 0 Å². The van der Waals surface area contributed by atoms with Gasteiger partial charge in [0.1, 0.15) is 11.3 Å². The van der Waals surface area contributed by atoms with Crippen molar-refractivity contribution >= 4 is 38.6 Å². The van der Waals surface area contributed by atoms with Crippen molar-refractivity contribution in [3.05, 3.63) is 71.0 Å². The second-order valence-corrected chi connectivity index (χ2v) is 9.12. The van der Waals surface area contributed by atoms with Gasteiger partial charge in [0.2, 0.25) is 5.89 Å². The SMILES string of the molecule is CC(C)(C)c1ccc(OCC(=O)Nc2ccc3oc(-c4cncc(Br)c4)nc3c2)cc1. The summed E-state index contributed by atoms with van der Waals surface area (Å²) in [6.07, 6.45) is 3.38. The molecule has 4 rings (SSSR count). The van der Waals surface area contributed by atoms with Crippen LogP contribution in [0.15, 0.2) is 69.8 Å². The predicted octanol–water partition coefficient (Wildman–Crippen LogP) is 5.97. The lowest BCUT2D eigenvalue weighted by molar-refractivity contribution is -0.118. The van der Waals surface area contributed by atoms with E-state index in [1.165, 1.54) is 5.56 Å². The number of carbonyl (C=O) groups excluding carboxylic acids is 1. The number of benzene rings is 2. The lowest BCUT2D eigenvalue weighted by Gasteiger charge is -2.19. The molecule has 158 valence electrons. The van der Waals surface area contributed by atoms with Crippen LogP contribution >= 0.6 is 15.9 Å². The highest BCUT2D eigenvalue weighted by Crippen LogP contribution is 2.27. The number of hydrogen-bond acceptors (Lipinski definition) is 5. The molecule has 2 aromatic carbocycles. The molecule has 0 aliphatic rings. The van der Waals surface area contributed by atoms with Crippen molar-refractivity contribution < 1.29 is 13.9 Å². The van der Waals surface area contributed by atoms with Crippen molar-refractivity contribution in [1.82, 2.24) is 9.97 Å². The predicted molar refractivity (Wildman–Crippen MR) is 124 cm³/mol. The minimum absolute atomic E-state index is 0.0725. The number of aromatic nitrogens is 2. The number of halogens is 1. The van der Waals surface area contributed by atoms with Gasteiger partial charge in [-0.3, -0.25) is 9.78 Å². The summed E-state index contributed by atoms with van der Waals surface area (Å²) in [6.45, 7) is 6.38. The van der Waals surface area contributed by atoms with E-state index in [1.807, 2.05) is 30.3 Å². The van der Waals surface area contributed by atoms with E-state index in [9.17, 15) is 4.79 Å². The van der Waals surface area contributed by atoms with Gasteiger partial charge in [0.25, 0.3) is 5.91 Å². The fourth-order valence-corrected chi connectivity index (χ4v) is 3.42. The summed E-state index contributed by atoms with van der Waals surface area (Å²) in [5.74, 6) is 0.871. The van der Waals surface area contributed by atoms with Crippen molar-refractivity contribution in [2.45, 2.75) is 26.2 Å². The van der Waals surface area contributed by atoms with Crippen molar-refractivity contribution in [2.24, 2.45) is 0 Å². The molecule has 1 N–H and O–H groups in total. The van der Waals surface area contributed by atoms with Gasteiger partial charge in [-0.05, 0) is 63.3 Å². The summed E-state index contributed by atoms with van der Waals surface area (Å²) < 4.78 is 12.3. The highest BCUT2D eigenvalue weighted by atomic mass is 79.9. The summed E-state index contributed by atoms with van der Waals surface area (Å²) in [7, 11) is 0. The van der Waals surface area contributed by atoms with E-state index in [1.54, 1.807) is 30.6 Å². The Balaban J connectivity index is 1.40. The number of anilines is 1. The number of ether oxygens (including phenoxy) is 1. The molecule has 0 fully saturated rings. The van der Waals surface area contributed by atoms with Crippen molar-refractivity contribution in [3.8, 4) is 17.2 Å². The first-order chi connectivity index (χ1) is 14.8. The average molecular weight is 480 g/mol. The van der Waals surface area contributed by atoms with Gasteiger partial charge in [-0.2, -0.15) is 0 Å². The van der Waals surface area contributed by atoms with E-state index in [4.69, 9.17) is 9.15 Å². The zero-order valence-corrected chi connectivity index (χ0v) is 19.1. The molecule has 2 aromatic heterocycles. The molecule has 4 aromatic rings. The molecule has 1 amide bonds. The van der Waals surface area contributed by atoms with Gasteiger partial charge in [-0.15, -0.1) is 0 Å². The smallest absolute Gasteiger partial charge is 0.262 e. The normalized spacial score (nSPS) is 11.5. The van der Waals surface area contributed by atoms with Crippen LogP contribution in [0.25, 0.3) is 22.6 Å². The van der Waals surface area contributed by atoms with Gasteiger partial charge in [0.05, 0.1) is 5.56 Å². The molecular formula is C24H22BrN3O3. The minimum Gasteiger partial charge on any atom is -0.484 e. The molecule has 0 saturated heterocycles. The molecule has 0 atom stereocenters. The maximum Gasteiger partial charge on any atom is 0.262 e. The van der Waals surface area contributed by atoms with Gasteiger partial charge >= 0.3 is 0 Å². The van der Waals surface area contributed by atoms with E-state index in [-0.39, 0.29) is 17.9 Å². The zero-order chi connectivity index (χ0) is 22.0. The molecule has 0 saturated carbocycles. The molecule has 6 nitrogen and oxygen atoms in total. The van der Waals surface area contributed by atoms with E-state index >= 15 is 0 Å². The molecule has 0 radical (unpaired) electrons. The van der Waals surface area contributed by atoms with Crippen LogP contribution in [0.4, 0.5) is 5.69 Å². The van der Waals surface area contributed by atoms with Gasteiger partial charge < -0.3 is 14.5 Å². The Hall–Kier alpha value is -3.19. The Kier molecular flexibility index (Phi) is 5.78. The number of rotatable bonds is 5. The second kappa shape index (κ2) is 8.51. The maximum absolute atomic E-state index is 12.3. The minimum atomic E-state index is -0.251. The molecule has 0 bridgehead atoms. The molecule has 0 aliphatic heterocycles. The summed E-state index contributed by atoms with van der Waals surface area (Å²) in [5, 5.41) is 2.83. The van der Waals surface area contributed by atoms with Crippen LogP contribution in [0.2, 0.25) is 0 Å². The number of amides is 1. The first-order valence-electron chi connectivity index (χ1n) is 9.83. The number of carbonyl (C=O) groups is 1. The largest absolute Gasteiger partial charge is 0.484 e. The van der Waals surface area contributed by atoms with Crippen LogP contribution in [-0.4, -0.2) is 22.5 Å². The Morgan fingerprint density at radius 3 is 2.58 bits per heavy atom. The average Bonchev–Trinajstić information content (AvgIpc) is 3.15. The summed E-state index contributed by atoms with van der Waals surface area (Å²) in [6, 6.07) is 15.0. The fraction of sp³-hybridized carbons (Fsp3) is 0.208. The highest BCUT2D eigenvalue weighted by molar-refractivity contribution is 9.10.